The lowest BCUT2D eigenvalue weighted by atomic mass is 10.1. The Morgan fingerprint density at radius 3 is 3.16 bits per heavy atom. The van der Waals surface area contributed by atoms with E-state index in [-0.39, 0.29) is 18.6 Å². The van der Waals surface area contributed by atoms with E-state index in [2.05, 4.69) is 23.5 Å². The standard InChI is InChI=1S/C15H18N2O2/c1-3-5-12(4-2)16-9-11-6-7-14-13(8-11)17-15(18)10-19-14/h2,6-8,12,16H,3,5,9-10H2,1H3,(H,17,18). The van der Waals surface area contributed by atoms with Crippen LogP contribution in [0.3, 0.4) is 0 Å². The highest BCUT2D eigenvalue weighted by Gasteiger charge is 2.15. The molecule has 0 saturated carbocycles. The molecule has 19 heavy (non-hydrogen) atoms. The molecule has 0 saturated heterocycles. The van der Waals surface area contributed by atoms with Crippen molar-refractivity contribution in [1.82, 2.24) is 5.32 Å². The smallest absolute Gasteiger partial charge is 0.262 e. The maximum atomic E-state index is 11.3. The number of carbonyl (C=O) groups excluding carboxylic acids is 1. The van der Waals surface area contributed by atoms with Crippen LogP contribution in [0.2, 0.25) is 0 Å². The molecule has 0 spiro atoms. The molecule has 0 aromatic heterocycles. The molecule has 1 aromatic carbocycles. The number of amides is 1. The van der Waals surface area contributed by atoms with Crippen LogP contribution in [0.1, 0.15) is 25.3 Å². The van der Waals surface area contributed by atoms with Crippen LogP contribution in [0.25, 0.3) is 0 Å². The van der Waals surface area contributed by atoms with Gasteiger partial charge >= 0.3 is 0 Å². The van der Waals surface area contributed by atoms with Crippen molar-refractivity contribution in [2.75, 3.05) is 11.9 Å². The molecule has 1 aliphatic heterocycles. The first-order valence-electron chi connectivity index (χ1n) is 6.48. The van der Waals surface area contributed by atoms with E-state index in [0.717, 1.165) is 24.1 Å². The van der Waals surface area contributed by atoms with E-state index >= 15 is 0 Å². The van der Waals surface area contributed by atoms with E-state index in [1.54, 1.807) is 0 Å². The zero-order chi connectivity index (χ0) is 13.7. The second kappa shape index (κ2) is 6.26. The highest BCUT2D eigenvalue weighted by molar-refractivity contribution is 5.95. The third kappa shape index (κ3) is 3.49. The molecule has 4 heteroatoms. The zero-order valence-electron chi connectivity index (χ0n) is 11.0. The molecule has 0 fully saturated rings. The zero-order valence-corrected chi connectivity index (χ0v) is 11.0. The van der Waals surface area contributed by atoms with Crippen molar-refractivity contribution >= 4 is 11.6 Å². The Hall–Kier alpha value is -1.99. The minimum absolute atomic E-state index is 0.0836. The van der Waals surface area contributed by atoms with Gasteiger partial charge in [0.25, 0.3) is 5.91 Å². The van der Waals surface area contributed by atoms with Gasteiger partial charge < -0.3 is 10.1 Å². The van der Waals surface area contributed by atoms with E-state index in [0.29, 0.717) is 12.3 Å². The summed E-state index contributed by atoms with van der Waals surface area (Å²) in [5.41, 5.74) is 1.80. The molecular weight excluding hydrogens is 240 g/mol. The third-order valence-corrected chi connectivity index (χ3v) is 3.01. The van der Waals surface area contributed by atoms with Gasteiger partial charge in [0, 0.05) is 6.54 Å². The first-order chi connectivity index (χ1) is 9.22. The molecule has 1 amide bonds. The Labute approximate surface area is 113 Å². The Balaban J connectivity index is 2.00. The van der Waals surface area contributed by atoms with Crippen LogP contribution < -0.4 is 15.4 Å². The minimum atomic E-state index is -0.120. The number of rotatable bonds is 5. The average Bonchev–Trinajstić information content (AvgIpc) is 2.43. The lowest BCUT2D eigenvalue weighted by molar-refractivity contribution is -0.118. The number of carbonyl (C=O) groups is 1. The predicted molar refractivity (Wildman–Crippen MR) is 74.9 cm³/mol. The number of hydrogen-bond donors (Lipinski definition) is 2. The molecule has 1 aliphatic rings. The fraction of sp³-hybridized carbons (Fsp3) is 0.400. The van der Waals surface area contributed by atoms with Crippen molar-refractivity contribution in [1.29, 1.82) is 0 Å². The molecule has 0 aliphatic carbocycles. The number of hydrogen-bond acceptors (Lipinski definition) is 3. The van der Waals surface area contributed by atoms with E-state index < -0.39 is 0 Å². The summed E-state index contributed by atoms with van der Waals surface area (Å²) in [7, 11) is 0. The summed E-state index contributed by atoms with van der Waals surface area (Å²) in [5.74, 6) is 3.33. The highest BCUT2D eigenvalue weighted by Crippen LogP contribution is 2.28. The van der Waals surface area contributed by atoms with Crippen LogP contribution in [0.5, 0.6) is 5.75 Å². The molecule has 1 unspecified atom stereocenters. The van der Waals surface area contributed by atoms with Crippen LogP contribution in [-0.4, -0.2) is 18.6 Å². The average molecular weight is 258 g/mol. The summed E-state index contributed by atoms with van der Waals surface area (Å²) in [5, 5.41) is 6.11. The summed E-state index contributed by atoms with van der Waals surface area (Å²) in [6.07, 6.45) is 7.47. The van der Waals surface area contributed by atoms with Crippen LogP contribution in [-0.2, 0) is 11.3 Å². The van der Waals surface area contributed by atoms with Gasteiger partial charge in [-0.2, -0.15) is 0 Å². The number of anilines is 1. The summed E-state index contributed by atoms with van der Waals surface area (Å²) < 4.78 is 5.31. The van der Waals surface area contributed by atoms with Crippen molar-refractivity contribution in [2.24, 2.45) is 0 Å². The molecule has 2 rings (SSSR count). The van der Waals surface area contributed by atoms with Crippen molar-refractivity contribution in [3.63, 3.8) is 0 Å². The number of benzene rings is 1. The van der Waals surface area contributed by atoms with E-state index in [9.17, 15) is 4.79 Å². The summed E-state index contributed by atoms with van der Waals surface area (Å²) in [6, 6.07) is 5.85. The second-order valence-corrected chi connectivity index (χ2v) is 4.56. The fourth-order valence-electron chi connectivity index (χ4n) is 2.01. The quantitative estimate of drug-likeness (QED) is 0.793. The van der Waals surface area contributed by atoms with Gasteiger partial charge in [0.2, 0.25) is 0 Å². The molecular formula is C15H18N2O2. The van der Waals surface area contributed by atoms with Crippen LogP contribution in [0, 0.1) is 12.3 Å². The lowest BCUT2D eigenvalue weighted by Gasteiger charge is -2.19. The normalized spacial score (nSPS) is 14.8. The molecule has 4 nitrogen and oxygen atoms in total. The monoisotopic (exact) mass is 258 g/mol. The molecule has 2 N–H and O–H groups in total. The predicted octanol–water partition coefficient (Wildman–Crippen LogP) is 1.91. The third-order valence-electron chi connectivity index (χ3n) is 3.01. The maximum Gasteiger partial charge on any atom is 0.262 e. The van der Waals surface area contributed by atoms with E-state index in [1.807, 2.05) is 18.2 Å². The molecule has 1 aromatic rings. The Morgan fingerprint density at radius 2 is 2.42 bits per heavy atom. The van der Waals surface area contributed by atoms with Gasteiger partial charge in [-0.25, -0.2) is 0 Å². The van der Waals surface area contributed by atoms with Gasteiger partial charge in [0.1, 0.15) is 5.75 Å². The first-order valence-corrected chi connectivity index (χ1v) is 6.48. The molecule has 100 valence electrons. The summed E-state index contributed by atoms with van der Waals surface area (Å²) in [4.78, 5) is 11.3. The van der Waals surface area contributed by atoms with Crippen molar-refractivity contribution in [3.05, 3.63) is 23.8 Å². The van der Waals surface area contributed by atoms with Gasteiger partial charge in [0.05, 0.1) is 11.7 Å². The lowest BCUT2D eigenvalue weighted by Crippen LogP contribution is -2.27. The minimum Gasteiger partial charge on any atom is -0.482 e. The second-order valence-electron chi connectivity index (χ2n) is 4.56. The molecule has 1 atom stereocenters. The molecule has 0 bridgehead atoms. The fourth-order valence-corrected chi connectivity index (χ4v) is 2.01. The number of fused-ring (bicyclic) bond motifs is 1. The van der Waals surface area contributed by atoms with Crippen LogP contribution >= 0.6 is 0 Å². The van der Waals surface area contributed by atoms with Crippen molar-refractivity contribution in [3.8, 4) is 18.1 Å². The van der Waals surface area contributed by atoms with Gasteiger partial charge in [-0.3, -0.25) is 10.1 Å². The first kappa shape index (κ1) is 13.4. The molecule has 1 heterocycles. The topological polar surface area (TPSA) is 50.4 Å². The van der Waals surface area contributed by atoms with Crippen molar-refractivity contribution < 1.29 is 9.53 Å². The highest BCUT2D eigenvalue weighted by atomic mass is 16.5. The van der Waals surface area contributed by atoms with E-state index in [4.69, 9.17) is 11.2 Å². The molecule has 0 radical (unpaired) electrons. The van der Waals surface area contributed by atoms with Gasteiger partial charge in [-0.05, 0) is 24.1 Å². The maximum absolute atomic E-state index is 11.3. The number of terminal acetylenes is 1. The number of ether oxygens (including phenoxy) is 1. The summed E-state index contributed by atoms with van der Waals surface area (Å²) >= 11 is 0. The van der Waals surface area contributed by atoms with Gasteiger partial charge in [-0.15, -0.1) is 6.42 Å². The van der Waals surface area contributed by atoms with E-state index in [1.165, 1.54) is 0 Å². The summed E-state index contributed by atoms with van der Waals surface area (Å²) in [6.45, 7) is 2.87. The SMILES string of the molecule is C#CC(CCC)NCc1ccc2c(c1)NC(=O)CO2. The van der Waals surface area contributed by atoms with Crippen LogP contribution in [0.15, 0.2) is 18.2 Å². The van der Waals surface area contributed by atoms with Crippen LogP contribution in [0.4, 0.5) is 5.69 Å². The Kier molecular flexibility index (Phi) is 4.43. The van der Waals surface area contributed by atoms with Crippen molar-refractivity contribution in [2.45, 2.75) is 32.4 Å². The Bertz CT molecular complexity index is 505. The largest absolute Gasteiger partial charge is 0.482 e. The van der Waals surface area contributed by atoms with Gasteiger partial charge in [0.15, 0.2) is 6.61 Å². The Morgan fingerprint density at radius 1 is 1.58 bits per heavy atom. The van der Waals surface area contributed by atoms with Gasteiger partial charge in [-0.1, -0.05) is 25.3 Å². The number of nitrogens with one attached hydrogen (secondary N) is 2.